The molecule has 1 N–H and O–H groups in total. The third kappa shape index (κ3) is 4.52. The minimum absolute atomic E-state index is 0.554. The van der Waals surface area contributed by atoms with E-state index >= 15 is 0 Å². The Bertz CT molecular complexity index is 216. The van der Waals surface area contributed by atoms with Gasteiger partial charge in [0.15, 0.2) is 0 Å². The first-order valence-corrected chi connectivity index (χ1v) is 6.29. The lowest BCUT2D eigenvalue weighted by Crippen LogP contribution is -2.51. The molecule has 0 spiro atoms. The quantitative estimate of drug-likeness (QED) is 0.695. The van der Waals surface area contributed by atoms with Crippen LogP contribution in [0.2, 0.25) is 0 Å². The molecule has 0 radical (unpaired) electrons. The summed E-state index contributed by atoms with van der Waals surface area (Å²) in [6.07, 6.45) is 3.84. The Balaban J connectivity index is 4.48. The third-order valence-electron chi connectivity index (χ3n) is 3.36. The summed E-state index contributed by atoms with van der Waals surface area (Å²) in [7, 11) is 1.92. The molecule has 1 unspecified atom stereocenters. The van der Waals surface area contributed by atoms with Gasteiger partial charge in [0.05, 0.1) is 0 Å². The zero-order valence-corrected chi connectivity index (χ0v) is 11.4. The van der Waals surface area contributed by atoms with Gasteiger partial charge in [0, 0.05) is 0 Å². The van der Waals surface area contributed by atoms with E-state index in [9.17, 15) is 9.90 Å². The monoisotopic (exact) mass is 229 g/mol. The van der Waals surface area contributed by atoms with Crippen molar-refractivity contribution in [3.63, 3.8) is 0 Å². The third-order valence-corrected chi connectivity index (χ3v) is 3.36. The van der Waals surface area contributed by atoms with Crippen LogP contribution in [0.5, 0.6) is 0 Å². The number of carboxylic acid groups (broad SMARTS) is 1. The van der Waals surface area contributed by atoms with Gasteiger partial charge < -0.3 is 5.11 Å². The Hall–Kier alpha value is -0.570. The predicted molar refractivity (Wildman–Crippen MR) is 67.7 cm³/mol. The Morgan fingerprint density at radius 3 is 2.38 bits per heavy atom. The van der Waals surface area contributed by atoms with Gasteiger partial charge in [-0.05, 0) is 45.7 Å². The number of aliphatic carboxylic acids is 1. The summed E-state index contributed by atoms with van der Waals surface area (Å²) in [4.78, 5) is 13.4. The second-order valence-corrected chi connectivity index (χ2v) is 5.29. The molecule has 0 heterocycles. The van der Waals surface area contributed by atoms with Crippen LogP contribution in [0.3, 0.4) is 0 Å². The number of rotatable bonds is 8. The highest BCUT2D eigenvalue weighted by Crippen LogP contribution is 2.23. The van der Waals surface area contributed by atoms with E-state index in [-0.39, 0.29) is 0 Å². The topological polar surface area (TPSA) is 40.5 Å². The van der Waals surface area contributed by atoms with Crippen LogP contribution >= 0.6 is 0 Å². The zero-order chi connectivity index (χ0) is 12.8. The van der Waals surface area contributed by atoms with Gasteiger partial charge in [-0.2, -0.15) is 0 Å². The summed E-state index contributed by atoms with van der Waals surface area (Å²) in [6, 6.07) is 0. The summed E-state index contributed by atoms with van der Waals surface area (Å²) in [5, 5.41) is 9.37. The largest absolute Gasteiger partial charge is 0.480 e. The van der Waals surface area contributed by atoms with Crippen molar-refractivity contribution < 1.29 is 9.90 Å². The molecular weight excluding hydrogens is 202 g/mol. The van der Waals surface area contributed by atoms with E-state index in [0.717, 1.165) is 32.2 Å². The Kier molecular flexibility index (Phi) is 6.65. The van der Waals surface area contributed by atoms with Crippen molar-refractivity contribution in [2.24, 2.45) is 5.92 Å². The molecular formula is C13H27NO2. The second kappa shape index (κ2) is 6.89. The van der Waals surface area contributed by atoms with E-state index in [1.54, 1.807) is 0 Å². The highest BCUT2D eigenvalue weighted by molar-refractivity contribution is 5.78. The van der Waals surface area contributed by atoms with Crippen molar-refractivity contribution in [3.05, 3.63) is 0 Å². The number of hydrogen-bond acceptors (Lipinski definition) is 2. The maximum Gasteiger partial charge on any atom is 0.323 e. The average molecular weight is 229 g/mol. The van der Waals surface area contributed by atoms with Gasteiger partial charge in [0.25, 0.3) is 0 Å². The Labute approximate surface area is 99.8 Å². The number of unbranched alkanes of at least 4 members (excludes halogenated alkanes) is 1. The van der Waals surface area contributed by atoms with Gasteiger partial charge in [0.2, 0.25) is 0 Å². The molecule has 0 aromatic heterocycles. The van der Waals surface area contributed by atoms with Crippen LogP contribution < -0.4 is 0 Å². The molecule has 16 heavy (non-hydrogen) atoms. The minimum Gasteiger partial charge on any atom is -0.480 e. The van der Waals surface area contributed by atoms with Gasteiger partial charge in [0.1, 0.15) is 5.54 Å². The van der Waals surface area contributed by atoms with Gasteiger partial charge in [-0.25, -0.2) is 0 Å². The highest BCUT2D eigenvalue weighted by Gasteiger charge is 2.36. The van der Waals surface area contributed by atoms with Crippen molar-refractivity contribution in [1.29, 1.82) is 0 Å². The van der Waals surface area contributed by atoms with Gasteiger partial charge in [-0.1, -0.05) is 27.2 Å². The summed E-state index contributed by atoms with van der Waals surface area (Å²) < 4.78 is 0. The molecule has 0 amide bonds. The molecule has 3 heteroatoms. The number of hydrogen-bond donors (Lipinski definition) is 1. The van der Waals surface area contributed by atoms with Crippen LogP contribution in [0, 0.1) is 5.92 Å². The molecule has 0 aliphatic rings. The maximum atomic E-state index is 11.4. The van der Waals surface area contributed by atoms with Gasteiger partial charge in [-0.15, -0.1) is 0 Å². The maximum absolute atomic E-state index is 11.4. The molecule has 0 saturated heterocycles. The predicted octanol–water partition coefficient (Wildman–Crippen LogP) is 3.00. The standard InChI is InChI=1S/C13H27NO2/c1-6-7-10-14(5)13(4,12(15)16)9-8-11(2)3/h11H,6-10H2,1-5H3,(H,15,16). The van der Waals surface area contributed by atoms with E-state index in [0.29, 0.717) is 5.92 Å². The van der Waals surface area contributed by atoms with E-state index in [1.165, 1.54) is 0 Å². The van der Waals surface area contributed by atoms with Crippen LogP contribution in [-0.2, 0) is 4.79 Å². The van der Waals surface area contributed by atoms with Crippen LogP contribution in [0.1, 0.15) is 53.4 Å². The minimum atomic E-state index is -0.709. The van der Waals surface area contributed by atoms with E-state index in [2.05, 4.69) is 20.8 Å². The first-order chi connectivity index (χ1) is 7.34. The fourth-order valence-electron chi connectivity index (χ4n) is 1.67. The lowest BCUT2D eigenvalue weighted by molar-refractivity contribution is -0.150. The van der Waals surface area contributed by atoms with Crippen molar-refractivity contribution in [2.75, 3.05) is 13.6 Å². The van der Waals surface area contributed by atoms with Gasteiger partial charge in [-0.3, -0.25) is 9.69 Å². The molecule has 96 valence electrons. The van der Waals surface area contributed by atoms with Gasteiger partial charge >= 0.3 is 5.97 Å². The van der Waals surface area contributed by atoms with Crippen LogP contribution in [0.25, 0.3) is 0 Å². The SMILES string of the molecule is CCCCN(C)C(C)(CCC(C)C)C(=O)O. The molecule has 0 aromatic carbocycles. The summed E-state index contributed by atoms with van der Waals surface area (Å²) in [5.74, 6) is -0.148. The molecule has 0 saturated carbocycles. The van der Waals surface area contributed by atoms with Crippen LogP contribution in [-0.4, -0.2) is 35.1 Å². The molecule has 0 bridgehead atoms. The van der Waals surface area contributed by atoms with Crippen molar-refractivity contribution in [3.8, 4) is 0 Å². The summed E-state index contributed by atoms with van der Waals surface area (Å²) >= 11 is 0. The first kappa shape index (κ1) is 15.4. The fraction of sp³-hybridized carbons (Fsp3) is 0.923. The molecule has 0 aromatic rings. The fourth-order valence-corrected chi connectivity index (χ4v) is 1.67. The van der Waals surface area contributed by atoms with E-state index in [1.807, 2.05) is 18.9 Å². The van der Waals surface area contributed by atoms with Crippen molar-refractivity contribution >= 4 is 5.97 Å². The summed E-state index contributed by atoms with van der Waals surface area (Å²) in [5.41, 5.74) is -0.709. The van der Waals surface area contributed by atoms with Crippen molar-refractivity contribution in [1.82, 2.24) is 4.90 Å². The molecule has 1 atom stereocenters. The van der Waals surface area contributed by atoms with Crippen LogP contribution in [0.15, 0.2) is 0 Å². The number of nitrogens with zero attached hydrogens (tertiary/aromatic N) is 1. The van der Waals surface area contributed by atoms with Crippen LogP contribution in [0.4, 0.5) is 0 Å². The van der Waals surface area contributed by atoms with Crippen molar-refractivity contribution in [2.45, 2.75) is 58.9 Å². The lowest BCUT2D eigenvalue weighted by atomic mass is 9.90. The number of carbonyl (C=O) groups is 1. The smallest absolute Gasteiger partial charge is 0.323 e. The Morgan fingerprint density at radius 2 is 2.00 bits per heavy atom. The number of likely N-dealkylation sites (N-methyl/N-ethyl adjacent to an activating group) is 1. The second-order valence-electron chi connectivity index (χ2n) is 5.29. The highest BCUT2D eigenvalue weighted by atomic mass is 16.4. The first-order valence-electron chi connectivity index (χ1n) is 6.29. The molecule has 3 nitrogen and oxygen atoms in total. The van der Waals surface area contributed by atoms with E-state index in [4.69, 9.17) is 0 Å². The zero-order valence-electron chi connectivity index (χ0n) is 11.4. The molecule has 0 aliphatic carbocycles. The van der Waals surface area contributed by atoms with E-state index < -0.39 is 11.5 Å². The summed E-state index contributed by atoms with van der Waals surface area (Å²) in [6.45, 7) is 9.09. The molecule has 0 aliphatic heterocycles. The molecule has 0 fully saturated rings. The number of carboxylic acids is 1. The normalized spacial score (nSPS) is 15.4. The Morgan fingerprint density at radius 1 is 1.44 bits per heavy atom. The average Bonchev–Trinajstić information content (AvgIpc) is 2.21. The lowest BCUT2D eigenvalue weighted by Gasteiger charge is -2.35. The molecule has 0 rings (SSSR count).